The van der Waals surface area contributed by atoms with Crippen LogP contribution in [0, 0.1) is 0 Å². The van der Waals surface area contributed by atoms with E-state index in [0.29, 0.717) is 5.13 Å². The lowest BCUT2D eigenvalue weighted by Gasteiger charge is -2.12. The summed E-state index contributed by atoms with van der Waals surface area (Å²) in [6, 6.07) is 9.67. The molecule has 1 amide bonds. The Labute approximate surface area is 122 Å². The molecule has 104 valence electrons. The van der Waals surface area contributed by atoms with E-state index in [9.17, 15) is 4.79 Å². The van der Waals surface area contributed by atoms with Gasteiger partial charge in [0.15, 0.2) is 0 Å². The third kappa shape index (κ3) is 3.99. The van der Waals surface area contributed by atoms with Crippen LogP contribution in [0.3, 0.4) is 0 Å². The number of nitrogens with one attached hydrogen (secondary N) is 1. The van der Waals surface area contributed by atoms with E-state index in [1.165, 1.54) is 17.4 Å². The van der Waals surface area contributed by atoms with Gasteiger partial charge in [-0.05, 0) is 11.6 Å². The average Bonchev–Trinajstić information content (AvgIpc) is 2.86. The molecule has 0 bridgehead atoms. The molecular weight excluding hydrogens is 270 g/mol. The van der Waals surface area contributed by atoms with Gasteiger partial charge in [-0.3, -0.25) is 10.1 Å². The predicted octanol–water partition coefficient (Wildman–Crippen LogP) is 3.49. The number of benzene rings is 1. The Hall–Kier alpha value is -2.01. The van der Waals surface area contributed by atoms with Crippen molar-refractivity contribution in [3.05, 3.63) is 47.0 Å². The van der Waals surface area contributed by atoms with Crippen molar-refractivity contribution in [2.75, 3.05) is 5.32 Å². The van der Waals surface area contributed by atoms with Crippen LogP contribution < -0.4 is 5.32 Å². The van der Waals surface area contributed by atoms with Crippen LogP contribution in [-0.2, 0) is 10.2 Å². The topological polar surface area (TPSA) is 54.9 Å². The van der Waals surface area contributed by atoms with Gasteiger partial charge in [0, 0.05) is 11.5 Å². The summed E-state index contributed by atoms with van der Waals surface area (Å²) in [5.74, 6) is -0.203. The van der Waals surface area contributed by atoms with Gasteiger partial charge in [-0.25, -0.2) is 0 Å². The molecular formula is C15H17N3OS. The quantitative estimate of drug-likeness (QED) is 0.879. The largest absolute Gasteiger partial charge is 0.297 e. The number of anilines is 1. The zero-order valence-corrected chi connectivity index (χ0v) is 12.6. The molecule has 2 aromatic rings. The zero-order valence-electron chi connectivity index (χ0n) is 11.8. The fraction of sp³-hybridized carbons (Fsp3) is 0.267. The minimum absolute atomic E-state index is 0.0550. The summed E-state index contributed by atoms with van der Waals surface area (Å²) < 4.78 is 0. The second-order valence-electron chi connectivity index (χ2n) is 5.40. The highest BCUT2D eigenvalue weighted by Gasteiger charge is 2.19. The van der Waals surface area contributed by atoms with Crippen molar-refractivity contribution < 1.29 is 4.79 Å². The number of aromatic nitrogens is 2. The maximum absolute atomic E-state index is 11.8. The van der Waals surface area contributed by atoms with E-state index in [0.717, 1.165) is 10.6 Å². The lowest BCUT2D eigenvalue weighted by molar-refractivity contribution is -0.111. The number of carbonyl (C=O) groups excluding carboxylic acids is 1. The van der Waals surface area contributed by atoms with Gasteiger partial charge in [0.25, 0.3) is 0 Å². The number of hydrogen-bond donors (Lipinski definition) is 1. The first-order valence-electron chi connectivity index (χ1n) is 6.33. The summed E-state index contributed by atoms with van der Waals surface area (Å²) in [5, 5.41) is 12.2. The fourth-order valence-corrected chi connectivity index (χ4v) is 2.26. The Morgan fingerprint density at radius 1 is 1.20 bits per heavy atom. The van der Waals surface area contributed by atoms with E-state index in [1.807, 2.05) is 30.3 Å². The fourth-order valence-electron chi connectivity index (χ4n) is 1.46. The van der Waals surface area contributed by atoms with E-state index in [2.05, 4.69) is 36.3 Å². The van der Waals surface area contributed by atoms with Crippen LogP contribution in [0.1, 0.15) is 31.3 Å². The van der Waals surface area contributed by atoms with E-state index >= 15 is 0 Å². The Balaban J connectivity index is 1.98. The van der Waals surface area contributed by atoms with Gasteiger partial charge in [-0.15, -0.1) is 10.2 Å². The molecule has 0 radical (unpaired) electrons. The smallest absolute Gasteiger partial charge is 0.250 e. The monoisotopic (exact) mass is 287 g/mol. The molecule has 4 nitrogen and oxygen atoms in total. The van der Waals surface area contributed by atoms with Crippen molar-refractivity contribution in [3.63, 3.8) is 0 Å². The van der Waals surface area contributed by atoms with Crippen molar-refractivity contribution in [2.24, 2.45) is 0 Å². The summed E-state index contributed by atoms with van der Waals surface area (Å²) in [4.78, 5) is 11.8. The first-order chi connectivity index (χ1) is 9.45. The molecule has 0 unspecified atom stereocenters. The number of rotatable bonds is 3. The molecule has 2 rings (SSSR count). The maximum atomic E-state index is 11.8. The normalized spacial score (nSPS) is 11.8. The maximum Gasteiger partial charge on any atom is 0.250 e. The molecule has 1 aromatic carbocycles. The Kier molecular flexibility index (Phi) is 4.29. The number of nitrogens with zero attached hydrogens (tertiary/aromatic N) is 2. The van der Waals surface area contributed by atoms with E-state index in [1.54, 1.807) is 6.08 Å². The van der Waals surface area contributed by atoms with E-state index in [-0.39, 0.29) is 11.3 Å². The van der Waals surface area contributed by atoms with Gasteiger partial charge in [0.2, 0.25) is 11.0 Å². The molecule has 0 saturated heterocycles. The summed E-state index contributed by atoms with van der Waals surface area (Å²) in [6.07, 6.45) is 3.26. The van der Waals surface area contributed by atoms with Crippen LogP contribution in [-0.4, -0.2) is 16.1 Å². The molecule has 0 spiro atoms. The predicted molar refractivity (Wildman–Crippen MR) is 82.7 cm³/mol. The molecule has 5 heteroatoms. The molecule has 1 aromatic heterocycles. The average molecular weight is 287 g/mol. The van der Waals surface area contributed by atoms with Crippen LogP contribution in [0.2, 0.25) is 0 Å². The van der Waals surface area contributed by atoms with Crippen molar-refractivity contribution in [1.82, 2.24) is 10.2 Å². The van der Waals surface area contributed by atoms with Crippen molar-refractivity contribution in [3.8, 4) is 0 Å². The molecule has 0 aliphatic rings. The molecule has 20 heavy (non-hydrogen) atoms. The molecule has 0 atom stereocenters. The SMILES string of the molecule is CC(C)(C)c1nnc(NC(=O)C=Cc2ccccc2)s1. The Morgan fingerprint density at radius 2 is 1.90 bits per heavy atom. The van der Waals surface area contributed by atoms with Gasteiger partial charge in [0.1, 0.15) is 5.01 Å². The van der Waals surface area contributed by atoms with Gasteiger partial charge >= 0.3 is 0 Å². The van der Waals surface area contributed by atoms with E-state index in [4.69, 9.17) is 0 Å². The van der Waals surface area contributed by atoms with Gasteiger partial charge in [-0.1, -0.05) is 62.4 Å². The lowest BCUT2D eigenvalue weighted by Crippen LogP contribution is -2.10. The summed E-state index contributed by atoms with van der Waals surface area (Å²) >= 11 is 1.40. The highest BCUT2D eigenvalue weighted by atomic mass is 32.1. The van der Waals surface area contributed by atoms with Crippen molar-refractivity contribution in [2.45, 2.75) is 26.2 Å². The Bertz CT molecular complexity index is 612. The zero-order chi connectivity index (χ0) is 14.6. The number of amides is 1. The highest BCUT2D eigenvalue weighted by Crippen LogP contribution is 2.27. The highest BCUT2D eigenvalue weighted by molar-refractivity contribution is 7.15. The van der Waals surface area contributed by atoms with Crippen LogP contribution in [0.15, 0.2) is 36.4 Å². The molecule has 1 N–H and O–H groups in total. The third-order valence-electron chi connectivity index (χ3n) is 2.52. The van der Waals surface area contributed by atoms with Crippen LogP contribution in [0.25, 0.3) is 6.08 Å². The number of carbonyl (C=O) groups is 1. The first-order valence-corrected chi connectivity index (χ1v) is 7.15. The summed E-state index contributed by atoms with van der Waals surface area (Å²) in [5.41, 5.74) is 0.927. The van der Waals surface area contributed by atoms with Crippen molar-refractivity contribution in [1.29, 1.82) is 0 Å². The van der Waals surface area contributed by atoms with Crippen LogP contribution in [0.4, 0.5) is 5.13 Å². The minimum atomic E-state index is -0.203. The lowest BCUT2D eigenvalue weighted by atomic mass is 9.98. The van der Waals surface area contributed by atoms with Gasteiger partial charge in [0.05, 0.1) is 0 Å². The number of hydrogen-bond acceptors (Lipinski definition) is 4. The molecule has 0 saturated carbocycles. The Morgan fingerprint density at radius 3 is 2.50 bits per heavy atom. The van der Waals surface area contributed by atoms with Gasteiger partial charge < -0.3 is 0 Å². The first kappa shape index (κ1) is 14.4. The standard InChI is InChI=1S/C15H17N3OS/c1-15(2,3)13-17-18-14(20-13)16-12(19)10-9-11-7-5-4-6-8-11/h4-10H,1-3H3,(H,16,18,19). The molecule has 0 fully saturated rings. The van der Waals surface area contributed by atoms with Crippen LogP contribution >= 0.6 is 11.3 Å². The van der Waals surface area contributed by atoms with E-state index < -0.39 is 0 Å². The second kappa shape index (κ2) is 5.96. The molecule has 1 heterocycles. The van der Waals surface area contributed by atoms with Gasteiger partial charge in [-0.2, -0.15) is 0 Å². The molecule has 0 aliphatic heterocycles. The van der Waals surface area contributed by atoms with Crippen LogP contribution in [0.5, 0.6) is 0 Å². The minimum Gasteiger partial charge on any atom is -0.297 e. The summed E-state index contributed by atoms with van der Waals surface area (Å²) in [7, 11) is 0. The third-order valence-corrected chi connectivity index (χ3v) is 3.79. The van der Waals surface area contributed by atoms with Crippen molar-refractivity contribution >= 4 is 28.5 Å². The summed E-state index contributed by atoms with van der Waals surface area (Å²) in [6.45, 7) is 6.19. The second-order valence-corrected chi connectivity index (χ2v) is 6.37. The molecule has 0 aliphatic carbocycles.